The van der Waals surface area contributed by atoms with Gasteiger partial charge in [0.05, 0.1) is 18.1 Å². The number of carbonyl (C=O) groups is 1. The molecular formula is C23H25FN8O3. The first kappa shape index (κ1) is 22.7. The van der Waals surface area contributed by atoms with Crippen LogP contribution in [-0.4, -0.2) is 56.2 Å². The van der Waals surface area contributed by atoms with Crippen LogP contribution in [0, 0.1) is 11.7 Å². The highest BCUT2D eigenvalue weighted by atomic mass is 19.1. The van der Waals surface area contributed by atoms with Crippen LogP contribution in [0.5, 0.6) is 5.75 Å². The molecule has 12 heteroatoms. The first-order valence-corrected chi connectivity index (χ1v) is 11.2. The second-order valence-corrected chi connectivity index (χ2v) is 8.94. The number of carbonyl (C=O) groups excluding carboxylic acids is 1. The van der Waals surface area contributed by atoms with Crippen molar-refractivity contribution < 1.29 is 19.0 Å². The summed E-state index contributed by atoms with van der Waals surface area (Å²) in [5.41, 5.74) is -0.370. The largest absolute Gasteiger partial charge is 0.474 e. The highest BCUT2D eigenvalue weighted by Gasteiger charge is 2.36. The van der Waals surface area contributed by atoms with Gasteiger partial charge < -0.3 is 30.7 Å². The van der Waals surface area contributed by atoms with Gasteiger partial charge in [0.2, 0.25) is 5.95 Å². The maximum absolute atomic E-state index is 14.4. The standard InChI is InChI=1S/C23H25FN8O3/c1-23(2)21(34)30-20-16(35-23)4-5-17(29-20)28-19-15(24)10-26-22(31-19)27-14-3-6-18(25-9-14)32-8-7-13(11-32)12-33/h3-6,9-10,13,33H,7-8,11-12H2,1-2H3,(H3,26,27,28,29,30,31,34)/t13-/m0/s1. The summed E-state index contributed by atoms with van der Waals surface area (Å²) in [6.45, 7) is 5.12. The number of amides is 1. The van der Waals surface area contributed by atoms with Crippen molar-refractivity contribution in [2.24, 2.45) is 5.92 Å². The molecule has 3 aromatic heterocycles. The van der Waals surface area contributed by atoms with Crippen LogP contribution >= 0.6 is 0 Å². The molecule has 2 aliphatic rings. The van der Waals surface area contributed by atoms with Crippen LogP contribution in [0.15, 0.2) is 36.7 Å². The van der Waals surface area contributed by atoms with Gasteiger partial charge in [-0.2, -0.15) is 4.98 Å². The number of aliphatic hydroxyl groups is 1. The van der Waals surface area contributed by atoms with E-state index >= 15 is 0 Å². The summed E-state index contributed by atoms with van der Waals surface area (Å²) < 4.78 is 20.1. The molecular weight excluding hydrogens is 455 g/mol. The normalized spacial score (nSPS) is 18.5. The highest BCUT2D eigenvalue weighted by Crippen LogP contribution is 2.33. The number of fused-ring (bicyclic) bond motifs is 1. The van der Waals surface area contributed by atoms with Gasteiger partial charge in [0.25, 0.3) is 5.91 Å². The Kier molecular flexibility index (Phi) is 5.81. The number of ether oxygens (including phenoxy) is 1. The van der Waals surface area contributed by atoms with Crippen molar-refractivity contribution in [2.45, 2.75) is 25.9 Å². The Balaban J connectivity index is 1.28. The lowest BCUT2D eigenvalue weighted by molar-refractivity contribution is -0.129. The molecule has 3 aromatic rings. The quantitative estimate of drug-likeness (QED) is 0.417. The van der Waals surface area contributed by atoms with Gasteiger partial charge in [0.15, 0.2) is 28.8 Å². The molecule has 1 atom stereocenters. The van der Waals surface area contributed by atoms with Crippen LogP contribution < -0.4 is 25.6 Å². The molecule has 35 heavy (non-hydrogen) atoms. The predicted octanol–water partition coefficient (Wildman–Crippen LogP) is 2.82. The molecule has 5 rings (SSSR count). The first-order valence-electron chi connectivity index (χ1n) is 11.2. The number of pyridine rings is 2. The van der Waals surface area contributed by atoms with E-state index in [2.05, 4.69) is 40.8 Å². The van der Waals surface area contributed by atoms with Gasteiger partial charge in [-0.3, -0.25) is 4.79 Å². The zero-order valence-corrected chi connectivity index (χ0v) is 19.2. The molecule has 1 saturated heterocycles. The van der Waals surface area contributed by atoms with Gasteiger partial charge >= 0.3 is 0 Å². The second kappa shape index (κ2) is 8.95. The number of anilines is 6. The monoisotopic (exact) mass is 480 g/mol. The lowest BCUT2D eigenvalue weighted by Gasteiger charge is -2.30. The number of hydrogen-bond donors (Lipinski definition) is 4. The molecule has 0 saturated carbocycles. The maximum atomic E-state index is 14.4. The van der Waals surface area contributed by atoms with Gasteiger partial charge in [-0.1, -0.05) is 0 Å². The Morgan fingerprint density at radius 2 is 2.06 bits per heavy atom. The van der Waals surface area contributed by atoms with E-state index in [0.717, 1.165) is 31.5 Å². The SMILES string of the molecule is CC1(C)Oc2ccc(Nc3nc(Nc4ccc(N5CC[C@H](CO)C5)nc4)ncc3F)nc2NC1=O. The molecule has 182 valence electrons. The highest BCUT2D eigenvalue weighted by molar-refractivity contribution is 5.99. The fraction of sp³-hybridized carbons (Fsp3) is 0.348. The molecule has 0 bridgehead atoms. The van der Waals surface area contributed by atoms with Crippen LogP contribution in [0.2, 0.25) is 0 Å². The Morgan fingerprint density at radius 1 is 1.20 bits per heavy atom. The number of halogens is 1. The topological polar surface area (TPSA) is 137 Å². The van der Waals surface area contributed by atoms with Gasteiger partial charge in [-0.05, 0) is 44.5 Å². The molecule has 5 heterocycles. The fourth-order valence-corrected chi connectivity index (χ4v) is 3.87. The van der Waals surface area contributed by atoms with Gasteiger partial charge in [0.1, 0.15) is 11.6 Å². The predicted molar refractivity (Wildman–Crippen MR) is 128 cm³/mol. The third-order valence-corrected chi connectivity index (χ3v) is 5.86. The van der Waals surface area contributed by atoms with Crippen molar-refractivity contribution in [3.8, 4) is 5.75 Å². The summed E-state index contributed by atoms with van der Waals surface area (Å²) in [5, 5.41) is 17.8. The Labute approximate surface area is 200 Å². The summed E-state index contributed by atoms with van der Waals surface area (Å²) in [6, 6.07) is 6.95. The smallest absolute Gasteiger partial charge is 0.269 e. The molecule has 2 aliphatic heterocycles. The van der Waals surface area contributed by atoms with E-state index in [0.29, 0.717) is 11.4 Å². The van der Waals surface area contributed by atoms with E-state index in [1.165, 1.54) is 0 Å². The molecule has 0 unspecified atom stereocenters. The molecule has 1 fully saturated rings. The van der Waals surface area contributed by atoms with Gasteiger partial charge in [-0.15, -0.1) is 0 Å². The summed E-state index contributed by atoms with van der Waals surface area (Å²) in [6.07, 6.45) is 3.63. The molecule has 0 aromatic carbocycles. The lowest BCUT2D eigenvalue weighted by atomic mass is 10.1. The molecule has 0 spiro atoms. The number of nitrogens with one attached hydrogen (secondary N) is 3. The minimum Gasteiger partial charge on any atom is -0.474 e. The van der Waals surface area contributed by atoms with Gasteiger partial charge in [0, 0.05) is 25.6 Å². The van der Waals surface area contributed by atoms with Crippen molar-refractivity contribution in [3.05, 3.63) is 42.5 Å². The van der Waals surface area contributed by atoms with Crippen LogP contribution in [0.3, 0.4) is 0 Å². The van der Waals surface area contributed by atoms with Crippen LogP contribution in [-0.2, 0) is 4.79 Å². The van der Waals surface area contributed by atoms with Crippen LogP contribution in [0.1, 0.15) is 20.3 Å². The molecule has 4 N–H and O–H groups in total. The number of nitrogens with zero attached hydrogens (tertiary/aromatic N) is 5. The zero-order chi connectivity index (χ0) is 24.6. The van der Waals surface area contributed by atoms with E-state index in [1.54, 1.807) is 32.2 Å². The van der Waals surface area contributed by atoms with Gasteiger partial charge in [-0.25, -0.2) is 19.3 Å². The number of aromatic nitrogens is 4. The maximum Gasteiger partial charge on any atom is 0.269 e. The average Bonchev–Trinajstić information content (AvgIpc) is 3.32. The van der Waals surface area contributed by atoms with E-state index < -0.39 is 11.4 Å². The molecule has 1 amide bonds. The van der Waals surface area contributed by atoms with Crippen LogP contribution in [0.25, 0.3) is 0 Å². The van der Waals surface area contributed by atoms with Crippen molar-refractivity contribution in [1.82, 2.24) is 19.9 Å². The first-order chi connectivity index (χ1) is 16.8. The summed E-state index contributed by atoms with van der Waals surface area (Å²) >= 11 is 0. The molecule has 0 aliphatic carbocycles. The van der Waals surface area contributed by atoms with Crippen LogP contribution in [0.4, 0.5) is 39.3 Å². The Hall–Kier alpha value is -4.06. The van der Waals surface area contributed by atoms with E-state index in [9.17, 15) is 14.3 Å². The molecule has 11 nitrogen and oxygen atoms in total. The average molecular weight is 481 g/mol. The number of hydrogen-bond acceptors (Lipinski definition) is 10. The van der Waals surface area contributed by atoms with Crippen molar-refractivity contribution in [3.63, 3.8) is 0 Å². The van der Waals surface area contributed by atoms with Crippen molar-refractivity contribution in [1.29, 1.82) is 0 Å². The fourth-order valence-electron chi connectivity index (χ4n) is 3.87. The Morgan fingerprint density at radius 3 is 2.80 bits per heavy atom. The van der Waals surface area contributed by atoms with E-state index in [4.69, 9.17) is 4.74 Å². The third kappa shape index (κ3) is 4.78. The van der Waals surface area contributed by atoms with Crippen molar-refractivity contribution in [2.75, 3.05) is 40.5 Å². The minimum absolute atomic E-state index is 0.0879. The van der Waals surface area contributed by atoms with E-state index in [1.807, 2.05) is 12.1 Å². The van der Waals surface area contributed by atoms with E-state index in [-0.39, 0.29) is 41.8 Å². The third-order valence-electron chi connectivity index (χ3n) is 5.86. The molecule has 0 radical (unpaired) electrons. The minimum atomic E-state index is -1.01. The lowest BCUT2D eigenvalue weighted by Crippen LogP contribution is -2.46. The summed E-state index contributed by atoms with van der Waals surface area (Å²) in [4.78, 5) is 31.2. The number of rotatable bonds is 6. The second-order valence-electron chi connectivity index (χ2n) is 8.94. The Bertz CT molecular complexity index is 1250. The number of aliphatic hydroxyl groups excluding tert-OH is 1. The van der Waals surface area contributed by atoms with Crippen molar-refractivity contribution >= 4 is 40.8 Å². The summed E-state index contributed by atoms with van der Waals surface area (Å²) in [7, 11) is 0. The zero-order valence-electron chi connectivity index (χ0n) is 19.2. The summed E-state index contributed by atoms with van der Waals surface area (Å²) in [5.74, 6) is 1.11.